The maximum atomic E-state index is 5.92. The minimum atomic E-state index is 0.418. The highest BCUT2D eigenvalue weighted by molar-refractivity contribution is 9.10. The van der Waals surface area contributed by atoms with Crippen LogP contribution in [-0.4, -0.2) is 4.98 Å². The van der Waals surface area contributed by atoms with Gasteiger partial charge in [0.05, 0.1) is 11.4 Å². The van der Waals surface area contributed by atoms with Crippen molar-refractivity contribution in [3.63, 3.8) is 0 Å². The van der Waals surface area contributed by atoms with Crippen LogP contribution in [0.2, 0.25) is 0 Å². The lowest BCUT2D eigenvalue weighted by molar-refractivity contribution is 0.303. The Hall–Kier alpha value is -1.55. The number of hydrogen-bond donors (Lipinski definition) is 1. The minimum absolute atomic E-state index is 0.418. The number of aromatic nitrogens is 1. The zero-order valence-electron chi connectivity index (χ0n) is 9.48. The van der Waals surface area contributed by atoms with E-state index in [1.54, 1.807) is 6.20 Å². The molecule has 0 radical (unpaired) electrons. The number of halogens is 1. The highest BCUT2D eigenvalue weighted by Gasteiger charge is 2.03. The molecule has 0 amide bonds. The topological polar surface area (TPSA) is 48.1 Å². The first-order valence-corrected chi connectivity index (χ1v) is 6.04. The van der Waals surface area contributed by atoms with Crippen LogP contribution in [-0.2, 0) is 6.61 Å². The molecule has 0 atom stereocenters. The standard InChI is InChI=1S/C13H13BrN2O/c1-9-3-2-4-12(13(9)15)17-8-11-6-5-10(14)7-16-11/h2-7H,8,15H2,1H3. The summed E-state index contributed by atoms with van der Waals surface area (Å²) in [5, 5.41) is 0. The van der Waals surface area contributed by atoms with Gasteiger partial charge in [0.1, 0.15) is 12.4 Å². The van der Waals surface area contributed by atoms with Gasteiger partial charge in [-0.05, 0) is 46.6 Å². The number of anilines is 1. The van der Waals surface area contributed by atoms with Crippen molar-refractivity contribution < 1.29 is 4.74 Å². The maximum absolute atomic E-state index is 5.92. The van der Waals surface area contributed by atoms with Gasteiger partial charge in [0, 0.05) is 10.7 Å². The average Bonchev–Trinajstić information content (AvgIpc) is 2.33. The van der Waals surface area contributed by atoms with Crippen molar-refractivity contribution in [3.05, 3.63) is 52.3 Å². The molecule has 0 aliphatic carbocycles. The van der Waals surface area contributed by atoms with Crippen molar-refractivity contribution in [2.24, 2.45) is 0 Å². The number of ether oxygens (including phenoxy) is 1. The van der Waals surface area contributed by atoms with Crippen LogP contribution >= 0.6 is 15.9 Å². The molecule has 0 aliphatic heterocycles. The van der Waals surface area contributed by atoms with Crippen molar-refractivity contribution in [2.45, 2.75) is 13.5 Å². The highest BCUT2D eigenvalue weighted by Crippen LogP contribution is 2.25. The smallest absolute Gasteiger partial charge is 0.143 e. The van der Waals surface area contributed by atoms with E-state index in [4.69, 9.17) is 10.5 Å². The second-order valence-corrected chi connectivity index (χ2v) is 4.66. The fourth-order valence-corrected chi connectivity index (χ4v) is 1.66. The van der Waals surface area contributed by atoms with E-state index in [-0.39, 0.29) is 0 Å². The second-order valence-electron chi connectivity index (χ2n) is 3.74. The Balaban J connectivity index is 2.07. The molecule has 1 aromatic carbocycles. The molecule has 2 N–H and O–H groups in total. The molecule has 0 aliphatic rings. The third-order valence-corrected chi connectivity index (χ3v) is 2.92. The molecule has 88 valence electrons. The summed E-state index contributed by atoms with van der Waals surface area (Å²) in [6, 6.07) is 9.60. The van der Waals surface area contributed by atoms with Gasteiger partial charge in [0.2, 0.25) is 0 Å². The first-order valence-electron chi connectivity index (χ1n) is 5.25. The van der Waals surface area contributed by atoms with E-state index in [0.29, 0.717) is 18.0 Å². The van der Waals surface area contributed by atoms with E-state index in [1.165, 1.54) is 0 Å². The number of hydrogen-bond acceptors (Lipinski definition) is 3. The SMILES string of the molecule is Cc1cccc(OCc2ccc(Br)cn2)c1N. The lowest BCUT2D eigenvalue weighted by Gasteiger charge is -2.10. The minimum Gasteiger partial charge on any atom is -0.485 e. The summed E-state index contributed by atoms with van der Waals surface area (Å²) >= 11 is 3.34. The molecular formula is C13H13BrN2O. The Morgan fingerprint density at radius 2 is 2.12 bits per heavy atom. The number of pyridine rings is 1. The fraction of sp³-hybridized carbons (Fsp3) is 0.154. The fourth-order valence-electron chi connectivity index (χ4n) is 1.42. The van der Waals surface area contributed by atoms with Gasteiger partial charge in [0.15, 0.2) is 0 Å². The van der Waals surface area contributed by atoms with E-state index < -0.39 is 0 Å². The lowest BCUT2D eigenvalue weighted by atomic mass is 10.2. The summed E-state index contributed by atoms with van der Waals surface area (Å²) in [6.45, 7) is 2.38. The summed E-state index contributed by atoms with van der Waals surface area (Å²) in [6.07, 6.45) is 1.75. The van der Waals surface area contributed by atoms with Crippen molar-refractivity contribution in [1.29, 1.82) is 0 Å². The van der Waals surface area contributed by atoms with Crippen molar-refractivity contribution in [3.8, 4) is 5.75 Å². The summed E-state index contributed by atoms with van der Waals surface area (Å²) in [4.78, 5) is 4.23. The Morgan fingerprint density at radius 3 is 2.82 bits per heavy atom. The van der Waals surface area contributed by atoms with Gasteiger partial charge < -0.3 is 10.5 Å². The van der Waals surface area contributed by atoms with Crippen molar-refractivity contribution in [2.75, 3.05) is 5.73 Å². The number of benzene rings is 1. The molecule has 0 saturated carbocycles. The Kier molecular flexibility index (Phi) is 3.64. The van der Waals surface area contributed by atoms with Crippen LogP contribution in [0.15, 0.2) is 41.0 Å². The van der Waals surface area contributed by atoms with Crippen molar-refractivity contribution in [1.82, 2.24) is 4.98 Å². The molecule has 2 aromatic rings. The van der Waals surface area contributed by atoms with E-state index in [9.17, 15) is 0 Å². The van der Waals surface area contributed by atoms with Gasteiger partial charge in [-0.1, -0.05) is 12.1 Å². The van der Waals surface area contributed by atoms with E-state index in [0.717, 1.165) is 15.7 Å². The van der Waals surface area contributed by atoms with Crippen LogP contribution in [0.3, 0.4) is 0 Å². The zero-order valence-corrected chi connectivity index (χ0v) is 11.1. The molecule has 0 spiro atoms. The predicted octanol–water partition coefficient (Wildman–Crippen LogP) is 3.31. The van der Waals surface area contributed by atoms with Crippen molar-refractivity contribution >= 4 is 21.6 Å². The van der Waals surface area contributed by atoms with E-state index in [2.05, 4.69) is 20.9 Å². The summed E-state index contributed by atoms with van der Waals surface area (Å²) in [5.74, 6) is 0.703. The van der Waals surface area contributed by atoms with Gasteiger partial charge >= 0.3 is 0 Å². The Bertz CT molecular complexity index is 511. The second kappa shape index (κ2) is 5.19. The number of rotatable bonds is 3. The number of nitrogens with zero attached hydrogens (tertiary/aromatic N) is 1. The molecule has 2 rings (SSSR count). The lowest BCUT2D eigenvalue weighted by Crippen LogP contribution is -2.01. The molecule has 4 heteroatoms. The number of nitrogens with two attached hydrogens (primary N) is 1. The molecule has 17 heavy (non-hydrogen) atoms. The molecule has 3 nitrogen and oxygen atoms in total. The zero-order chi connectivity index (χ0) is 12.3. The van der Waals surface area contributed by atoms with Crippen LogP contribution in [0, 0.1) is 6.92 Å². The van der Waals surface area contributed by atoms with Gasteiger partial charge in [-0.2, -0.15) is 0 Å². The predicted molar refractivity (Wildman–Crippen MR) is 71.9 cm³/mol. The van der Waals surface area contributed by atoms with Crippen LogP contribution in [0.1, 0.15) is 11.3 Å². The molecular weight excluding hydrogens is 280 g/mol. The molecule has 1 heterocycles. The van der Waals surface area contributed by atoms with E-state index >= 15 is 0 Å². The molecule has 1 aromatic heterocycles. The van der Waals surface area contributed by atoms with E-state index in [1.807, 2.05) is 37.3 Å². The van der Waals surface area contributed by atoms with Crippen LogP contribution in [0.5, 0.6) is 5.75 Å². The monoisotopic (exact) mass is 292 g/mol. The van der Waals surface area contributed by atoms with Crippen LogP contribution in [0.25, 0.3) is 0 Å². The van der Waals surface area contributed by atoms with Gasteiger partial charge in [-0.25, -0.2) is 0 Å². The number of nitrogen functional groups attached to an aromatic ring is 1. The molecule has 0 unspecified atom stereocenters. The largest absolute Gasteiger partial charge is 0.485 e. The van der Waals surface area contributed by atoms with Gasteiger partial charge in [-0.15, -0.1) is 0 Å². The molecule has 0 bridgehead atoms. The highest BCUT2D eigenvalue weighted by atomic mass is 79.9. The summed E-state index contributed by atoms with van der Waals surface area (Å²) < 4.78 is 6.60. The quantitative estimate of drug-likeness (QED) is 0.883. The Labute approximate surface area is 109 Å². The van der Waals surface area contributed by atoms with Crippen LogP contribution in [0.4, 0.5) is 5.69 Å². The molecule has 0 fully saturated rings. The average molecular weight is 293 g/mol. The van der Waals surface area contributed by atoms with Gasteiger partial charge in [-0.3, -0.25) is 4.98 Å². The Morgan fingerprint density at radius 1 is 1.29 bits per heavy atom. The third kappa shape index (κ3) is 2.97. The number of aryl methyl sites for hydroxylation is 1. The number of para-hydroxylation sites is 1. The summed E-state index contributed by atoms with van der Waals surface area (Å²) in [5.41, 5.74) is 8.49. The molecule has 0 saturated heterocycles. The van der Waals surface area contributed by atoms with Crippen LogP contribution < -0.4 is 10.5 Å². The summed E-state index contributed by atoms with van der Waals surface area (Å²) in [7, 11) is 0. The first-order chi connectivity index (χ1) is 8.16. The normalized spacial score (nSPS) is 10.2. The third-order valence-electron chi connectivity index (χ3n) is 2.45. The van der Waals surface area contributed by atoms with Gasteiger partial charge in [0.25, 0.3) is 0 Å². The first kappa shape index (κ1) is 11.9. The maximum Gasteiger partial charge on any atom is 0.143 e.